The Kier molecular flexibility index (Phi) is 7.36. The van der Waals surface area contributed by atoms with E-state index in [1.54, 1.807) is 61.5 Å². The fraction of sp³-hybridized carbons (Fsp3) is 0.250. The lowest BCUT2D eigenvalue weighted by Crippen LogP contribution is -2.53. The summed E-state index contributed by atoms with van der Waals surface area (Å²) in [4.78, 5) is 61.1. The molecule has 3 fully saturated rings. The molecule has 0 unspecified atom stereocenters. The molecule has 0 bridgehead atoms. The zero-order valence-corrected chi connectivity index (χ0v) is 28.3. The third-order valence-corrected chi connectivity index (χ3v) is 11.8. The molecule has 0 radical (unpaired) electrons. The molecule has 1 N–H and O–H groups in total. The van der Waals surface area contributed by atoms with E-state index in [2.05, 4.69) is 0 Å². The van der Waals surface area contributed by atoms with Gasteiger partial charge in [0.25, 0.3) is 0 Å². The molecule has 4 aromatic rings. The minimum Gasteiger partial charge on any atom is -0.507 e. The summed E-state index contributed by atoms with van der Waals surface area (Å²) >= 11 is 12.8. The maximum absolute atomic E-state index is 15.3. The number of phenolic OH excluding ortho intramolecular Hbond substituents is 1. The highest BCUT2D eigenvalue weighted by atomic mass is 35.5. The number of amides is 4. The number of aryl methyl sites for hydroxylation is 2. The number of hydrogen-bond donors (Lipinski definition) is 1. The van der Waals surface area contributed by atoms with Crippen molar-refractivity contribution in [2.24, 2.45) is 23.7 Å². The molecular formula is C40H32Cl2N2O5. The lowest BCUT2D eigenvalue weighted by Gasteiger charge is -2.50. The SMILES string of the molecule is Cc1ccc(N2C(=O)[C@H]3[C@H](CC=C4[C@H]3C[C@H]3C(=O)N(c5cccc(Cl)c5)C(=O)[C@@]3(c3ccccc3)[C@H]4c3cccc(C)c3O)C2=O)cc1Cl. The number of aromatic hydroxyl groups is 1. The minimum atomic E-state index is -1.46. The largest absolute Gasteiger partial charge is 0.507 e. The Hall–Kier alpha value is -4.72. The minimum absolute atomic E-state index is 0.0245. The number of nitrogens with zero attached hydrogens (tertiary/aromatic N) is 2. The molecular weight excluding hydrogens is 659 g/mol. The second-order valence-corrected chi connectivity index (χ2v) is 14.4. The fourth-order valence-electron chi connectivity index (χ4n) is 8.98. The van der Waals surface area contributed by atoms with Gasteiger partial charge in [0.05, 0.1) is 34.5 Å². The first-order chi connectivity index (χ1) is 23.5. The zero-order valence-electron chi connectivity index (χ0n) is 26.8. The van der Waals surface area contributed by atoms with E-state index in [1.807, 2.05) is 49.4 Å². The van der Waals surface area contributed by atoms with Crippen molar-refractivity contribution in [1.82, 2.24) is 0 Å². The highest BCUT2D eigenvalue weighted by Gasteiger charge is 2.70. The number of para-hydroxylation sites is 1. The molecule has 4 aliphatic rings. The van der Waals surface area contributed by atoms with E-state index in [0.29, 0.717) is 38.1 Å². The molecule has 8 rings (SSSR count). The molecule has 1 saturated carbocycles. The van der Waals surface area contributed by atoms with Crippen LogP contribution >= 0.6 is 23.2 Å². The molecule has 246 valence electrons. The van der Waals surface area contributed by atoms with Crippen molar-refractivity contribution in [3.8, 4) is 5.75 Å². The number of phenols is 1. The summed E-state index contributed by atoms with van der Waals surface area (Å²) in [5, 5.41) is 12.5. The van der Waals surface area contributed by atoms with Gasteiger partial charge in [0.2, 0.25) is 23.6 Å². The van der Waals surface area contributed by atoms with Gasteiger partial charge in [-0.05, 0) is 79.6 Å². The Morgan fingerprint density at radius 1 is 0.735 bits per heavy atom. The van der Waals surface area contributed by atoms with Gasteiger partial charge in [-0.25, -0.2) is 9.80 Å². The molecule has 0 aromatic heterocycles. The topological polar surface area (TPSA) is 95.0 Å². The Morgan fingerprint density at radius 2 is 1.47 bits per heavy atom. The predicted octanol–water partition coefficient (Wildman–Crippen LogP) is 7.68. The second-order valence-electron chi connectivity index (χ2n) is 13.6. The Morgan fingerprint density at radius 3 is 2.20 bits per heavy atom. The van der Waals surface area contributed by atoms with Crippen molar-refractivity contribution in [3.63, 3.8) is 0 Å². The molecule has 0 spiro atoms. The summed E-state index contributed by atoms with van der Waals surface area (Å²) in [5.41, 5.74) is 2.65. The lowest BCUT2D eigenvalue weighted by molar-refractivity contribution is -0.127. The smallest absolute Gasteiger partial charge is 0.246 e. The third kappa shape index (κ3) is 4.41. The van der Waals surface area contributed by atoms with E-state index >= 15 is 4.79 Å². The molecule has 2 saturated heterocycles. The van der Waals surface area contributed by atoms with Crippen LogP contribution in [0.4, 0.5) is 11.4 Å². The first-order valence-corrected chi connectivity index (χ1v) is 17.1. The van der Waals surface area contributed by atoms with E-state index in [-0.39, 0.29) is 30.4 Å². The molecule has 49 heavy (non-hydrogen) atoms. The summed E-state index contributed by atoms with van der Waals surface area (Å²) in [6.45, 7) is 3.64. The fourth-order valence-corrected chi connectivity index (χ4v) is 9.34. The van der Waals surface area contributed by atoms with E-state index in [1.165, 1.54) is 9.80 Å². The van der Waals surface area contributed by atoms with Crippen LogP contribution in [0.3, 0.4) is 0 Å². The van der Waals surface area contributed by atoms with E-state index in [0.717, 1.165) is 11.1 Å². The number of allylic oxidation sites excluding steroid dienone is 2. The van der Waals surface area contributed by atoms with Gasteiger partial charge < -0.3 is 5.11 Å². The van der Waals surface area contributed by atoms with Crippen LogP contribution in [0.2, 0.25) is 10.0 Å². The van der Waals surface area contributed by atoms with Crippen molar-refractivity contribution < 1.29 is 24.3 Å². The van der Waals surface area contributed by atoms with Crippen molar-refractivity contribution >= 4 is 58.2 Å². The average Bonchev–Trinajstić information content (AvgIpc) is 3.48. The molecule has 7 nitrogen and oxygen atoms in total. The first kappa shape index (κ1) is 31.5. The molecule has 2 aliphatic carbocycles. The van der Waals surface area contributed by atoms with Crippen LogP contribution in [0.15, 0.2) is 103 Å². The number of fused-ring (bicyclic) bond motifs is 4. The van der Waals surface area contributed by atoms with Crippen molar-refractivity contribution in [3.05, 3.63) is 135 Å². The number of carbonyl (C=O) groups excluding carboxylic acids is 4. The van der Waals surface area contributed by atoms with Gasteiger partial charge in [-0.3, -0.25) is 19.2 Å². The van der Waals surface area contributed by atoms with Crippen LogP contribution in [0.5, 0.6) is 5.75 Å². The van der Waals surface area contributed by atoms with Crippen LogP contribution in [0.25, 0.3) is 0 Å². The van der Waals surface area contributed by atoms with Gasteiger partial charge >= 0.3 is 0 Å². The molecule has 6 atom stereocenters. The normalized spacial score (nSPS) is 27.6. The summed E-state index contributed by atoms with van der Waals surface area (Å²) in [6.07, 6.45) is 2.42. The van der Waals surface area contributed by atoms with Gasteiger partial charge in [-0.15, -0.1) is 0 Å². The number of hydrogen-bond acceptors (Lipinski definition) is 5. The van der Waals surface area contributed by atoms with Crippen LogP contribution in [-0.4, -0.2) is 28.7 Å². The van der Waals surface area contributed by atoms with Gasteiger partial charge in [0, 0.05) is 21.5 Å². The predicted molar refractivity (Wildman–Crippen MR) is 188 cm³/mol. The Bertz CT molecular complexity index is 2130. The number of imide groups is 2. The Balaban J connectivity index is 1.36. The molecule has 9 heteroatoms. The number of benzene rings is 4. The Labute approximate surface area is 293 Å². The van der Waals surface area contributed by atoms with Gasteiger partial charge in [0.15, 0.2) is 0 Å². The summed E-state index contributed by atoms with van der Waals surface area (Å²) in [5.74, 6) is -5.17. The first-order valence-electron chi connectivity index (χ1n) is 16.4. The molecule has 2 aliphatic heterocycles. The maximum atomic E-state index is 15.3. The zero-order chi connectivity index (χ0) is 34.4. The molecule has 4 amide bonds. The van der Waals surface area contributed by atoms with Gasteiger partial charge in [0.1, 0.15) is 5.75 Å². The van der Waals surface area contributed by atoms with Crippen LogP contribution in [0, 0.1) is 37.5 Å². The van der Waals surface area contributed by atoms with E-state index < -0.39 is 46.8 Å². The highest BCUT2D eigenvalue weighted by Crippen LogP contribution is 2.65. The average molecular weight is 692 g/mol. The van der Waals surface area contributed by atoms with Crippen LogP contribution < -0.4 is 9.80 Å². The van der Waals surface area contributed by atoms with Crippen LogP contribution in [0.1, 0.15) is 41.0 Å². The standard InChI is InChI=1S/C40H32Cl2N2O5/c1-21-14-15-26(19-32(21)42)43-36(46)28-17-16-27-30(33(28)38(43)48)20-31-37(47)44(25-12-7-11-24(41)18-25)39(49)40(31,23-9-4-3-5-10-23)34(27)29-13-6-8-22(2)35(29)45/h3-16,18-19,28,30-31,33-34,45H,17,20H2,1-2H3/t28-,30+,31-,33-,34+,40+/m0/s1. The summed E-state index contributed by atoms with van der Waals surface area (Å²) < 4.78 is 0. The monoisotopic (exact) mass is 690 g/mol. The molecule has 4 aromatic carbocycles. The van der Waals surface area contributed by atoms with Crippen molar-refractivity contribution in [2.75, 3.05) is 9.80 Å². The highest BCUT2D eigenvalue weighted by molar-refractivity contribution is 6.33. The maximum Gasteiger partial charge on any atom is 0.246 e. The number of carbonyl (C=O) groups is 4. The summed E-state index contributed by atoms with van der Waals surface area (Å²) in [6, 6.07) is 26.5. The van der Waals surface area contributed by atoms with Crippen LogP contribution in [-0.2, 0) is 24.6 Å². The van der Waals surface area contributed by atoms with Gasteiger partial charge in [-0.2, -0.15) is 0 Å². The number of rotatable bonds is 4. The van der Waals surface area contributed by atoms with Gasteiger partial charge in [-0.1, -0.05) is 95.5 Å². The van der Waals surface area contributed by atoms with E-state index in [4.69, 9.17) is 23.2 Å². The number of anilines is 2. The quantitative estimate of drug-likeness (QED) is 0.175. The van der Waals surface area contributed by atoms with E-state index in [9.17, 15) is 19.5 Å². The lowest BCUT2D eigenvalue weighted by atomic mass is 9.49. The second kappa shape index (κ2) is 11.4. The van der Waals surface area contributed by atoms with Crippen molar-refractivity contribution in [1.29, 1.82) is 0 Å². The third-order valence-electron chi connectivity index (χ3n) is 11.2. The number of halogens is 2. The molecule has 2 heterocycles. The summed E-state index contributed by atoms with van der Waals surface area (Å²) in [7, 11) is 0. The van der Waals surface area contributed by atoms with Crippen molar-refractivity contribution in [2.45, 2.75) is 38.0 Å².